The number of nitrogens with one attached hydrogen (secondary N) is 1. The second kappa shape index (κ2) is 7.67. The highest BCUT2D eigenvalue weighted by atomic mass is 16.5. The van der Waals surface area contributed by atoms with Crippen LogP contribution in [-0.4, -0.2) is 49.7 Å². The minimum Gasteiger partial charge on any atom is -0.469 e. The Morgan fingerprint density at radius 2 is 2.24 bits per heavy atom. The Kier molecular flexibility index (Phi) is 6.52. The average molecular weight is 242 g/mol. The second-order valence-electron chi connectivity index (χ2n) is 5.06. The van der Waals surface area contributed by atoms with Crippen LogP contribution in [0.4, 0.5) is 0 Å². The van der Waals surface area contributed by atoms with Gasteiger partial charge in [-0.2, -0.15) is 0 Å². The van der Waals surface area contributed by atoms with Crippen LogP contribution in [0.3, 0.4) is 0 Å². The number of rotatable bonds is 6. The molecule has 0 radical (unpaired) electrons. The van der Waals surface area contributed by atoms with Crippen molar-refractivity contribution in [2.45, 2.75) is 51.6 Å². The molecule has 0 aromatic carbocycles. The molecule has 4 nitrogen and oxygen atoms in total. The number of methoxy groups -OCH3 is 1. The van der Waals surface area contributed by atoms with E-state index < -0.39 is 0 Å². The van der Waals surface area contributed by atoms with Crippen molar-refractivity contribution in [2.24, 2.45) is 0 Å². The molecule has 0 aromatic heterocycles. The highest BCUT2D eigenvalue weighted by Gasteiger charge is 2.19. The molecule has 1 unspecified atom stereocenters. The third-order valence-corrected chi connectivity index (χ3v) is 3.43. The van der Waals surface area contributed by atoms with Gasteiger partial charge >= 0.3 is 5.97 Å². The predicted octanol–water partition coefficient (Wildman–Crippen LogP) is 1.40. The van der Waals surface area contributed by atoms with Gasteiger partial charge in [0.1, 0.15) is 0 Å². The maximum Gasteiger partial charge on any atom is 0.306 e. The fourth-order valence-corrected chi connectivity index (χ4v) is 2.26. The topological polar surface area (TPSA) is 41.6 Å². The maximum absolute atomic E-state index is 11.2. The number of hydrogen-bond donors (Lipinski definition) is 1. The van der Waals surface area contributed by atoms with Gasteiger partial charge in [0.05, 0.1) is 13.5 Å². The molecule has 0 aromatic rings. The first-order chi connectivity index (χ1) is 8.13. The van der Waals surface area contributed by atoms with Crippen LogP contribution in [0.1, 0.15) is 39.5 Å². The lowest BCUT2D eigenvalue weighted by Crippen LogP contribution is -2.46. The molecule has 1 N–H and O–H groups in total. The van der Waals surface area contributed by atoms with E-state index in [1.807, 2.05) is 0 Å². The first-order valence-corrected chi connectivity index (χ1v) is 6.67. The van der Waals surface area contributed by atoms with Crippen LogP contribution < -0.4 is 5.32 Å². The molecule has 0 bridgehead atoms. The SMILES string of the molecule is COC(=O)CCN(CC1CCCCN1)C(C)C. The van der Waals surface area contributed by atoms with E-state index >= 15 is 0 Å². The van der Waals surface area contributed by atoms with Crippen molar-refractivity contribution in [1.29, 1.82) is 0 Å². The molecular weight excluding hydrogens is 216 g/mol. The van der Waals surface area contributed by atoms with Gasteiger partial charge in [0.25, 0.3) is 0 Å². The number of ether oxygens (including phenoxy) is 1. The van der Waals surface area contributed by atoms with E-state index in [-0.39, 0.29) is 5.97 Å². The summed E-state index contributed by atoms with van der Waals surface area (Å²) < 4.78 is 4.69. The van der Waals surface area contributed by atoms with Gasteiger partial charge in [-0.15, -0.1) is 0 Å². The minimum atomic E-state index is -0.118. The summed E-state index contributed by atoms with van der Waals surface area (Å²) in [5.74, 6) is -0.118. The smallest absolute Gasteiger partial charge is 0.306 e. The molecule has 0 spiro atoms. The van der Waals surface area contributed by atoms with E-state index in [0.29, 0.717) is 18.5 Å². The second-order valence-corrected chi connectivity index (χ2v) is 5.06. The van der Waals surface area contributed by atoms with Gasteiger partial charge in [0.15, 0.2) is 0 Å². The van der Waals surface area contributed by atoms with Gasteiger partial charge < -0.3 is 10.1 Å². The zero-order valence-corrected chi connectivity index (χ0v) is 11.4. The van der Waals surface area contributed by atoms with E-state index in [1.165, 1.54) is 26.4 Å². The van der Waals surface area contributed by atoms with Crippen LogP contribution in [0.25, 0.3) is 0 Å². The Bertz CT molecular complexity index is 225. The van der Waals surface area contributed by atoms with Gasteiger partial charge in [-0.3, -0.25) is 9.69 Å². The summed E-state index contributed by atoms with van der Waals surface area (Å²) in [6, 6.07) is 1.06. The number of carbonyl (C=O) groups excluding carboxylic acids is 1. The van der Waals surface area contributed by atoms with Crippen LogP contribution in [0.15, 0.2) is 0 Å². The molecule has 17 heavy (non-hydrogen) atoms. The van der Waals surface area contributed by atoms with E-state index in [2.05, 4.69) is 28.8 Å². The quantitative estimate of drug-likeness (QED) is 0.715. The summed E-state index contributed by atoms with van der Waals surface area (Å²) >= 11 is 0. The van der Waals surface area contributed by atoms with Crippen molar-refractivity contribution in [3.63, 3.8) is 0 Å². The maximum atomic E-state index is 11.2. The molecule has 0 saturated carbocycles. The first-order valence-electron chi connectivity index (χ1n) is 6.67. The van der Waals surface area contributed by atoms with Crippen molar-refractivity contribution < 1.29 is 9.53 Å². The number of hydrogen-bond acceptors (Lipinski definition) is 4. The van der Waals surface area contributed by atoms with Crippen molar-refractivity contribution >= 4 is 5.97 Å². The molecule has 1 aliphatic rings. The molecule has 1 heterocycles. The number of esters is 1. The molecule has 1 rings (SSSR count). The Morgan fingerprint density at radius 3 is 2.76 bits per heavy atom. The van der Waals surface area contributed by atoms with Gasteiger partial charge in [0, 0.05) is 25.2 Å². The zero-order valence-electron chi connectivity index (χ0n) is 11.4. The lowest BCUT2D eigenvalue weighted by Gasteiger charge is -2.32. The fraction of sp³-hybridized carbons (Fsp3) is 0.923. The summed E-state index contributed by atoms with van der Waals surface area (Å²) in [7, 11) is 1.45. The number of nitrogens with zero attached hydrogens (tertiary/aromatic N) is 1. The fourth-order valence-electron chi connectivity index (χ4n) is 2.26. The molecule has 1 fully saturated rings. The standard InChI is InChI=1S/C13H26N2O2/c1-11(2)15(9-7-13(16)17-3)10-12-6-4-5-8-14-12/h11-12,14H,4-10H2,1-3H3. The van der Waals surface area contributed by atoms with Crippen LogP contribution in [0.2, 0.25) is 0 Å². The molecule has 4 heteroatoms. The first kappa shape index (κ1) is 14.5. The molecule has 0 amide bonds. The molecule has 1 atom stereocenters. The largest absolute Gasteiger partial charge is 0.469 e. The third-order valence-electron chi connectivity index (χ3n) is 3.43. The van der Waals surface area contributed by atoms with Crippen molar-refractivity contribution in [3.8, 4) is 0 Å². The lowest BCUT2D eigenvalue weighted by molar-refractivity contribution is -0.141. The Labute approximate surface area is 105 Å². The zero-order chi connectivity index (χ0) is 12.7. The van der Waals surface area contributed by atoms with Gasteiger partial charge in [0.2, 0.25) is 0 Å². The summed E-state index contributed by atoms with van der Waals surface area (Å²) in [4.78, 5) is 13.5. The van der Waals surface area contributed by atoms with Gasteiger partial charge in [-0.05, 0) is 33.2 Å². The van der Waals surface area contributed by atoms with Crippen LogP contribution in [0.5, 0.6) is 0 Å². The normalized spacial score (nSPS) is 20.9. The summed E-state index contributed by atoms with van der Waals surface area (Å²) in [5, 5.41) is 3.55. The summed E-state index contributed by atoms with van der Waals surface area (Å²) in [6.45, 7) is 7.32. The lowest BCUT2D eigenvalue weighted by atomic mass is 10.0. The van der Waals surface area contributed by atoms with Gasteiger partial charge in [-0.25, -0.2) is 0 Å². The van der Waals surface area contributed by atoms with Crippen LogP contribution in [0, 0.1) is 0 Å². The monoisotopic (exact) mass is 242 g/mol. The third kappa shape index (κ3) is 5.50. The number of carbonyl (C=O) groups is 1. The van der Waals surface area contributed by atoms with Crippen molar-refractivity contribution in [3.05, 3.63) is 0 Å². The van der Waals surface area contributed by atoms with E-state index in [1.54, 1.807) is 0 Å². The van der Waals surface area contributed by atoms with E-state index in [4.69, 9.17) is 0 Å². The molecule has 100 valence electrons. The average Bonchev–Trinajstić information content (AvgIpc) is 2.34. The summed E-state index contributed by atoms with van der Waals surface area (Å²) in [6.07, 6.45) is 4.35. The Balaban J connectivity index is 2.33. The van der Waals surface area contributed by atoms with Crippen LogP contribution in [-0.2, 0) is 9.53 Å². The summed E-state index contributed by atoms with van der Waals surface area (Å²) in [5.41, 5.74) is 0. The van der Waals surface area contributed by atoms with Crippen molar-refractivity contribution in [1.82, 2.24) is 10.2 Å². The van der Waals surface area contributed by atoms with E-state index in [9.17, 15) is 4.79 Å². The Morgan fingerprint density at radius 1 is 1.47 bits per heavy atom. The van der Waals surface area contributed by atoms with E-state index in [0.717, 1.165) is 19.6 Å². The minimum absolute atomic E-state index is 0.118. The highest BCUT2D eigenvalue weighted by molar-refractivity contribution is 5.69. The molecular formula is C13H26N2O2. The predicted molar refractivity (Wildman–Crippen MR) is 69.0 cm³/mol. The van der Waals surface area contributed by atoms with Crippen molar-refractivity contribution in [2.75, 3.05) is 26.7 Å². The van der Waals surface area contributed by atoms with Crippen LogP contribution >= 0.6 is 0 Å². The highest BCUT2D eigenvalue weighted by Crippen LogP contribution is 2.10. The number of piperidine rings is 1. The Hall–Kier alpha value is -0.610. The van der Waals surface area contributed by atoms with Gasteiger partial charge in [-0.1, -0.05) is 6.42 Å². The molecule has 1 aliphatic heterocycles. The molecule has 0 aliphatic carbocycles. The molecule has 1 saturated heterocycles.